The van der Waals surface area contributed by atoms with Crippen molar-refractivity contribution in [2.24, 2.45) is 5.92 Å². The van der Waals surface area contributed by atoms with Crippen LogP contribution in [-0.4, -0.2) is 38.1 Å². The van der Waals surface area contributed by atoms with Crippen LogP contribution in [0.2, 0.25) is 0 Å². The monoisotopic (exact) mass is 236 g/mol. The fourth-order valence-electron chi connectivity index (χ4n) is 2.03. The van der Waals surface area contributed by atoms with Gasteiger partial charge in [-0.3, -0.25) is 0 Å². The fourth-order valence-corrected chi connectivity index (χ4v) is 2.03. The smallest absolute Gasteiger partial charge is 0.662 e. The first kappa shape index (κ1) is 16.6. The van der Waals surface area contributed by atoms with E-state index in [1.807, 2.05) is 0 Å². The van der Waals surface area contributed by atoms with E-state index in [2.05, 4.69) is 24.2 Å². The van der Waals surface area contributed by atoms with Gasteiger partial charge in [-0.15, -0.1) is 13.1 Å². The van der Waals surface area contributed by atoms with Gasteiger partial charge < -0.3 is 10.2 Å². The van der Waals surface area contributed by atoms with Crippen LogP contribution in [0.3, 0.4) is 0 Å². The van der Waals surface area contributed by atoms with Crippen molar-refractivity contribution in [1.82, 2.24) is 4.90 Å². The van der Waals surface area contributed by atoms with Gasteiger partial charge >= 0.3 is 51.4 Å². The van der Waals surface area contributed by atoms with E-state index in [0.29, 0.717) is 0 Å². The number of nitrogens with zero attached hydrogens (tertiary/aromatic N) is 2. The molecule has 0 aromatic rings. The van der Waals surface area contributed by atoms with Crippen molar-refractivity contribution in [1.29, 1.82) is 0 Å². The molecule has 15 heavy (non-hydrogen) atoms. The van der Waals surface area contributed by atoms with Crippen LogP contribution < -0.4 is 51.4 Å². The van der Waals surface area contributed by atoms with Crippen molar-refractivity contribution in [3.05, 3.63) is 5.32 Å². The Labute approximate surface area is 138 Å². The zero-order valence-electron chi connectivity index (χ0n) is 10.8. The molecule has 2 rings (SSSR count). The molecule has 0 amide bonds. The third-order valence-electron chi connectivity index (χ3n) is 3.30. The zero-order valence-corrected chi connectivity index (χ0v) is 14.0. The van der Waals surface area contributed by atoms with Crippen LogP contribution >= 0.6 is 0 Å². The molecule has 0 aromatic heterocycles. The second-order valence-corrected chi connectivity index (χ2v) is 4.53. The summed E-state index contributed by atoms with van der Waals surface area (Å²) in [6, 6.07) is 0. The van der Waals surface area contributed by atoms with Crippen molar-refractivity contribution in [3.8, 4) is 0 Å². The van der Waals surface area contributed by atoms with Crippen molar-refractivity contribution >= 4 is 0 Å². The molecule has 0 unspecified atom stereocenters. The minimum Gasteiger partial charge on any atom is -0.662 e. The van der Waals surface area contributed by atoms with Gasteiger partial charge in [0.1, 0.15) is 0 Å². The molecule has 3 heteroatoms. The summed E-state index contributed by atoms with van der Waals surface area (Å²) in [5, 5.41) is 4.08. The minimum absolute atomic E-state index is 0. The van der Waals surface area contributed by atoms with Gasteiger partial charge in [-0.05, 0) is 38.9 Å². The van der Waals surface area contributed by atoms with Crippen LogP contribution in [0.1, 0.15) is 39.0 Å². The molecule has 2 aliphatic heterocycles. The van der Waals surface area contributed by atoms with Gasteiger partial charge in [0.15, 0.2) is 0 Å². The van der Waals surface area contributed by atoms with Gasteiger partial charge in [-0.25, -0.2) is 0 Å². The van der Waals surface area contributed by atoms with E-state index in [9.17, 15) is 0 Å². The first-order valence-electron chi connectivity index (χ1n) is 6.14. The molecule has 2 nitrogen and oxygen atoms in total. The summed E-state index contributed by atoms with van der Waals surface area (Å²) in [5.74, 6) is 1.03. The molecule has 0 aliphatic carbocycles. The quantitative estimate of drug-likeness (QED) is 0.581. The molecule has 0 aromatic carbocycles. The predicted octanol–water partition coefficient (Wildman–Crippen LogP) is -0.104. The van der Waals surface area contributed by atoms with Crippen molar-refractivity contribution in [2.45, 2.75) is 39.0 Å². The minimum atomic E-state index is 0. The molecule has 0 bridgehead atoms. The van der Waals surface area contributed by atoms with Gasteiger partial charge in [0.25, 0.3) is 0 Å². The van der Waals surface area contributed by atoms with E-state index in [4.69, 9.17) is 0 Å². The molecule has 2 fully saturated rings. The molecule has 0 radical (unpaired) electrons. The van der Waals surface area contributed by atoms with Crippen LogP contribution in [-0.2, 0) is 0 Å². The zero-order chi connectivity index (χ0) is 10.2. The molecule has 2 heterocycles. The number of rotatable bonds is 1. The number of piperidine rings is 1. The largest absolute Gasteiger partial charge is 1.00 e. The average molecular weight is 236 g/mol. The Hall–Kier alpha value is 1.56. The van der Waals surface area contributed by atoms with Crippen LogP contribution in [0.15, 0.2) is 0 Å². The summed E-state index contributed by atoms with van der Waals surface area (Å²) in [5.41, 5.74) is 0. The first-order chi connectivity index (χ1) is 6.83. The van der Waals surface area contributed by atoms with E-state index in [1.165, 1.54) is 45.2 Å². The van der Waals surface area contributed by atoms with Gasteiger partial charge in [-0.1, -0.05) is 26.2 Å². The Morgan fingerprint density at radius 2 is 1.67 bits per heavy atom. The topological polar surface area (TPSA) is 17.3 Å². The molecule has 2 saturated heterocycles. The first-order valence-corrected chi connectivity index (χ1v) is 6.14. The molecule has 0 saturated carbocycles. The second kappa shape index (κ2) is 10.7. The van der Waals surface area contributed by atoms with Crippen LogP contribution in [0, 0.1) is 5.92 Å². The summed E-state index contributed by atoms with van der Waals surface area (Å²) in [7, 11) is 2.21. The molecular weight excluding hydrogens is 211 g/mol. The molecule has 84 valence electrons. The predicted molar refractivity (Wildman–Crippen MR) is 62.8 cm³/mol. The number of hydrogen-bond acceptors (Lipinski definition) is 1. The standard InChI is InChI=1S/C8H17N.C4H8N.K/c1-3-8-4-6-9(2)7-5-8;1-2-4-5-3-1;/h8H,3-7H2,1-2H3;1-4H2;/q;-1;+1. The van der Waals surface area contributed by atoms with Crippen LogP contribution in [0.25, 0.3) is 5.32 Å². The summed E-state index contributed by atoms with van der Waals surface area (Å²) in [6.45, 7) is 7.19. The maximum Gasteiger partial charge on any atom is 1.00 e. The summed E-state index contributed by atoms with van der Waals surface area (Å²) >= 11 is 0. The summed E-state index contributed by atoms with van der Waals surface area (Å²) < 4.78 is 0. The third-order valence-corrected chi connectivity index (χ3v) is 3.30. The summed E-state index contributed by atoms with van der Waals surface area (Å²) in [4.78, 5) is 2.42. The average Bonchev–Trinajstić information content (AvgIpc) is 2.77. The SMILES string of the molecule is C1CC[N-]C1.CCC1CCN(C)CC1.[K+]. The van der Waals surface area contributed by atoms with Gasteiger partial charge in [0.05, 0.1) is 0 Å². The molecule has 0 N–H and O–H groups in total. The normalized spacial score (nSPS) is 22.8. The number of hydrogen-bond donors (Lipinski definition) is 0. The Bertz CT molecular complexity index is 122. The second-order valence-electron chi connectivity index (χ2n) is 4.53. The van der Waals surface area contributed by atoms with Crippen LogP contribution in [0.5, 0.6) is 0 Å². The van der Waals surface area contributed by atoms with E-state index < -0.39 is 0 Å². The number of likely N-dealkylation sites (tertiary alicyclic amines) is 1. The maximum absolute atomic E-state index is 4.08. The van der Waals surface area contributed by atoms with Gasteiger partial charge in [-0.2, -0.15) is 0 Å². The van der Waals surface area contributed by atoms with Crippen molar-refractivity contribution in [3.63, 3.8) is 0 Å². The van der Waals surface area contributed by atoms with Gasteiger partial charge in [0.2, 0.25) is 0 Å². The van der Waals surface area contributed by atoms with E-state index in [-0.39, 0.29) is 51.4 Å². The molecular formula is C12H25KN2. The van der Waals surface area contributed by atoms with Crippen molar-refractivity contribution in [2.75, 3.05) is 33.2 Å². The van der Waals surface area contributed by atoms with Gasteiger partial charge in [0, 0.05) is 0 Å². The Balaban J connectivity index is 0.000000280. The van der Waals surface area contributed by atoms with Crippen LogP contribution in [0.4, 0.5) is 0 Å². The van der Waals surface area contributed by atoms with E-state index >= 15 is 0 Å². The molecule has 0 spiro atoms. The summed E-state index contributed by atoms with van der Waals surface area (Å²) in [6.07, 6.45) is 6.90. The van der Waals surface area contributed by atoms with E-state index in [1.54, 1.807) is 0 Å². The van der Waals surface area contributed by atoms with E-state index in [0.717, 1.165) is 19.0 Å². The maximum atomic E-state index is 4.08. The molecule has 2 aliphatic rings. The Morgan fingerprint density at radius 3 is 2.00 bits per heavy atom. The fraction of sp³-hybridized carbons (Fsp3) is 1.00. The van der Waals surface area contributed by atoms with Crippen molar-refractivity contribution < 1.29 is 51.4 Å². The Kier molecular flexibility index (Phi) is 11.8. The molecule has 0 atom stereocenters. The third kappa shape index (κ3) is 8.30. The Morgan fingerprint density at radius 1 is 1.13 bits per heavy atom.